The van der Waals surface area contributed by atoms with Crippen molar-refractivity contribution in [1.82, 2.24) is 0 Å². The molecule has 214 valence electrons. The Morgan fingerprint density at radius 3 is 1.77 bits per heavy atom. The number of hydrogen-bond acceptors (Lipinski definition) is 3. The van der Waals surface area contributed by atoms with Crippen LogP contribution < -0.4 is 0 Å². The van der Waals surface area contributed by atoms with Gasteiger partial charge in [0.05, 0.1) is 6.61 Å². The number of benzene rings is 2. The highest BCUT2D eigenvalue weighted by Crippen LogP contribution is 2.41. The molecule has 4 rings (SSSR count). The van der Waals surface area contributed by atoms with Crippen molar-refractivity contribution < 1.29 is 14.3 Å². The van der Waals surface area contributed by atoms with Crippen LogP contribution in [0.3, 0.4) is 0 Å². The number of carbonyl (C=O) groups is 1. The van der Waals surface area contributed by atoms with Crippen LogP contribution >= 0.6 is 0 Å². The van der Waals surface area contributed by atoms with Crippen molar-refractivity contribution in [1.29, 1.82) is 0 Å². The van der Waals surface area contributed by atoms with Crippen molar-refractivity contribution in [3.63, 3.8) is 0 Å². The molecule has 0 heterocycles. The molecule has 2 aliphatic rings. The Kier molecular flexibility index (Phi) is 11.4. The maximum atomic E-state index is 12.1. The van der Waals surface area contributed by atoms with Crippen LogP contribution in [0.5, 0.6) is 0 Å². The number of unbranched alkanes of at least 4 members (excludes halogenated alkanes) is 4. The van der Waals surface area contributed by atoms with E-state index in [0.29, 0.717) is 12.5 Å². The molecule has 0 amide bonds. The quantitative estimate of drug-likeness (QED) is 0.201. The third kappa shape index (κ3) is 8.85. The van der Waals surface area contributed by atoms with Crippen LogP contribution in [0.25, 0.3) is 11.1 Å². The van der Waals surface area contributed by atoms with Gasteiger partial charge in [-0.15, -0.1) is 0 Å². The fourth-order valence-electron chi connectivity index (χ4n) is 6.76. The maximum Gasteiger partial charge on any atom is 0.508 e. The fourth-order valence-corrected chi connectivity index (χ4v) is 6.76. The molecule has 0 unspecified atom stereocenters. The predicted molar refractivity (Wildman–Crippen MR) is 162 cm³/mol. The zero-order valence-electron chi connectivity index (χ0n) is 24.9. The molecule has 0 N–H and O–H groups in total. The van der Waals surface area contributed by atoms with Gasteiger partial charge in [0.1, 0.15) is 5.60 Å². The Morgan fingerprint density at radius 2 is 1.23 bits per heavy atom. The first-order valence-corrected chi connectivity index (χ1v) is 16.1. The number of hydrogen-bond donors (Lipinski definition) is 0. The van der Waals surface area contributed by atoms with E-state index in [1.165, 1.54) is 73.6 Å². The fraction of sp³-hybridized carbons (Fsp3) is 0.639. The van der Waals surface area contributed by atoms with Crippen LogP contribution in [0.15, 0.2) is 48.5 Å². The number of carbonyl (C=O) groups excluding carboxylic acids is 1. The van der Waals surface area contributed by atoms with Gasteiger partial charge < -0.3 is 9.47 Å². The molecule has 0 atom stereocenters. The SMILES string of the molecule is CCCCCOC(=O)OC1(C)CCC(c2ccc(-c3ccc([C@H]4CC[C@H](CCCCC)CC4)cc3)cc2)CC1. The topological polar surface area (TPSA) is 35.5 Å². The van der Waals surface area contributed by atoms with E-state index in [2.05, 4.69) is 69.3 Å². The van der Waals surface area contributed by atoms with Crippen LogP contribution in [-0.2, 0) is 9.47 Å². The van der Waals surface area contributed by atoms with Gasteiger partial charge in [-0.05, 0) is 105 Å². The molecule has 0 radical (unpaired) electrons. The lowest BCUT2D eigenvalue weighted by molar-refractivity contribution is -0.0468. The second-order valence-electron chi connectivity index (χ2n) is 12.6. The van der Waals surface area contributed by atoms with Crippen molar-refractivity contribution in [3.05, 3.63) is 59.7 Å². The molecule has 2 saturated carbocycles. The molecule has 0 aromatic heterocycles. The van der Waals surface area contributed by atoms with Gasteiger partial charge in [0.2, 0.25) is 0 Å². The highest BCUT2D eigenvalue weighted by molar-refractivity contribution is 5.64. The molecule has 3 nitrogen and oxygen atoms in total. The van der Waals surface area contributed by atoms with Crippen LogP contribution in [0.1, 0.15) is 140 Å². The Balaban J connectivity index is 1.23. The molecule has 39 heavy (non-hydrogen) atoms. The summed E-state index contributed by atoms with van der Waals surface area (Å²) in [5.41, 5.74) is 5.12. The zero-order valence-corrected chi connectivity index (χ0v) is 24.9. The van der Waals surface area contributed by atoms with Crippen molar-refractivity contribution in [2.75, 3.05) is 6.61 Å². The van der Waals surface area contributed by atoms with Gasteiger partial charge in [0, 0.05) is 0 Å². The van der Waals surface area contributed by atoms with Gasteiger partial charge in [-0.3, -0.25) is 0 Å². The zero-order chi connectivity index (χ0) is 27.5. The standard InChI is InChI=1S/C36H52O3/c1-4-6-8-10-28-11-13-29(14-12-28)30-15-17-31(18-16-30)32-19-21-33(22-20-32)34-23-25-36(3,26-24-34)39-35(37)38-27-9-7-5-2/h15-22,28-29,34H,4-14,23-27H2,1-3H3/t28-,29-,34?,36?. The summed E-state index contributed by atoms with van der Waals surface area (Å²) >= 11 is 0. The van der Waals surface area contributed by atoms with E-state index in [9.17, 15) is 4.79 Å². The summed E-state index contributed by atoms with van der Waals surface area (Å²) in [6, 6.07) is 18.6. The second kappa shape index (κ2) is 14.9. The molecule has 0 spiro atoms. The van der Waals surface area contributed by atoms with Crippen LogP contribution in [0.2, 0.25) is 0 Å². The summed E-state index contributed by atoms with van der Waals surface area (Å²) in [6.07, 6.45) is 17.6. The molecule has 2 aromatic carbocycles. The molecule has 0 bridgehead atoms. The van der Waals surface area contributed by atoms with Gasteiger partial charge >= 0.3 is 6.16 Å². The molecule has 2 aliphatic carbocycles. The highest BCUT2D eigenvalue weighted by atomic mass is 16.7. The third-order valence-electron chi connectivity index (χ3n) is 9.50. The minimum atomic E-state index is -0.502. The van der Waals surface area contributed by atoms with E-state index >= 15 is 0 Å². The number of rotatable bonds is 12. The molecule has 2 fully saturated rings. The summed E-state index contributed by atoms with van der Waals surface area (Å²) in [4.78, 5) is 12.1. The first-order chi connectivity index (χ1) is 19.0. The summed E-state index contributed by atoms with van der Waals surface area (Å²) < 4.78 is 11.0. The van der Waals surface area contributed by atoms with Gasteiger partial charge in [0.25, 0.3) is 0 Å². The van der Waals surface area contributed by atoms with E-state index < -0.39 is 11.8 Å². The summed E-state index contributed by atoms with van der Waals surface area (Å²) in [6.45, 7) is 6.96. The lowest BCUT2D eigenvalue weighted by Crippen LogP contribution is -2.36. The summed E-state index contributed by atoms with van der Waals surface area (Å²) in [5.74, 6) is 2.23. The molecular formula is C36H52O3. The second-order valence-corrected chi connectivity index (χ2v) is 12.6. The minimum absolute atomic E-state index is 0.408. The Labute approximate surface area is 238 Å². The van der Waals surface area contributed by atoms with Gasteiger partial charge in [-0.2, -0.15) is 0 Å². The minimum Gasteiger partial charge on any atom is -0.434 e. The lowest BCUT2D eigenvalue weighted by atomic mass is 9.76. The van der Waals surface area contributed by atoms with Crippen LogP contribution in [0.4, 0.5) is 4.79 Å². The van der Waals surface area contributed by atoms with Crippen LogP contribution in [-0.4, -0.2) is 18.4 Å². The predicted octanol–water partition coefficient (Wildman–Crippen LogP) is 11.0. The molecular weight excluding hydrogens is 480 g/mol. The Morgan fingerprint density at radius 1 is 0.718 bits per heavy atom. The van der Waals surface area contributed by atoms with Crippen molar-refractivity contribution >= 4 is 6.16 Å². The highest BCUT2D eigenvalue weighted by Gasteiger charge is 2.35. The molecule has 0 aliphatic heterocycles. The van der Waals surface area contributed by atoms with Gasteiger partial charge in [-0.25, -0.2) is 4.79 Å². The third-order valence-corrected chi connectivity index (χ3v) is 9.50. The van der Waals surface area contributed by atoms with E-state index in [0.717, 1.165) is 56.8 Å². The van der Waals surface area contributed by atoms with Gasteiger partial charge in [0.15, 0.2) is 0 Å². The van der Waals surface area contributed by atoms with Gasteiger partial charge in [-0.1, -0.05) is 101 Å². The largest absolute Gasteiger partial charge is 0.508 e. The average molecular weight is 533 g/mol. The van der Waals surface area contributed by atoms with Crippen LogP contribution in [0, 0.1) is 5.92 Å². The van der Waals surface area contributed by atoms with E-state index in [1.54, 1.807) is 0 Å². The molecule has 2 aromatic rings. The van der Waals surface area contributed by atoms with Crippen molar-refractivity contribution in [3.8, 4) is 11.1 Å². The monoisotopic (exact) mass is 532 g/mol. The molecule has 3 heteroatoms. The first kappa shape index (κ1) is 29.7. The first-order valence-electron chi connectivity index (χ1n) is 16.1. The van der Waals surface area contributed by atoms with E-state index in [1.807, 2.05) is 0 Å². The van der Waals surface area contributed by atoms with Crippen molar-refractivity contribution in [2.45, 2.75) is 135 Å². The summed E-state index contributed by atoms with van der Waals surface area (Å²) in [5, 5.41) is 0. The lowest BCUT2D eigenvalue weighted by Gasteiger charge is -2.36. The van der Waals surface area contributed by atoms with E-state index in [4.69, 9.17) is 9.47 Å². The smallest absolute Gasteiger partial charge is 0.434 e. The summed E-state index contributed by atoms with van der Waals surface area (Å²) in [7, 11) is 0. The maximum absolute atomic E-state index is 12.1. The average Bonchev–Trinajstić information content (AvgIpc) is 2.96. The normalized spacial score (nSPS) is 25.3. The van der Waals surface area contributed by atoms with Crippen molar-refractivity contribution in [2.24, 2.45) is 5.92 Å². The van der Waals surface area contributed by atoms with E-state index in [-0.39, 0.29) is 0 Å². The number of ether oxygens (including phenoxy) is 2. The molecule has 0 saturated heterocycles. The Hall–Kier alpha value is -2.29. The Bertz CT molecular complexity index is 977.